The first-order chi connectivity index (χ1) is 8.72. The summed E-state index contributed by atoms with van der Waals surface area (Å²) >= 11 is 0. The smallest absolute Gasteiger partial charge is 0.0540 e. The fourth-order valence-electron chi connectivity index (χ4n) is 3.43. The quantitative estimate of drug-likeness (QED) is 0.866. The van der Waals surface area contributed by atoms with Gasteiger partial charge in [-0.25, -0.2) is 0 Å². The van der Waals surface area contributed by atoms with Crippen LogP contribution in [0, 0.1) is 5.92 Å². The van der Waals surface area contributed by atoms with Gasteiger partial charge in [-0.3, -0.25) is 0 Å². The number of hydrogen-bond donors (Lipinski definition) is 1. The lowest BCUT2D eigenvalue weighted by atomic mass is 9.83. The van der Waals surface area contributed by atoms with Gasteiger partial charge in [0.2, 0.25) is 0 Å². The Morgan fingerprint density at radius 1 is 1.22 bits per heavy atom. The van der Waals surface area contributed by atoms with Crippen molar-refractivity contribution < 1.29 is 5.11 Å². The Morgan fingerprint density at radius 2 is 2.00 bits per heavy atom. The molecule has 0 aromatic heterocycles. The molecule has 1 saturated carbocycles. The van der Waals surface area contributed by atoms with Crippen LogP contribution in [0.25, 0.3) is 0 Å². The molecule has 2 heteroatoms. The molecule has 0 unspecified atom stereocenters. The minimum atomic E-state index is -0.0325. The second kappa shape index (κ2) is 4.93. The van der Waals surface area contributed by atoms with Crippen LogP contribution >= 0.6 is 0 Å². The highest BCUT2D eigenvalue weighted by Gasteiger charge is 2.21. The van der Waals surface area contributed by atoms with Gasteiger partial charge in [0.05, 0.1) is 6.10 Å². The third-order valence-corrected chi connectivity index (χ3v) is 4.61. The van der Waals surface area contributed by atoms with Crippen LogP contribution in [-0.4, -0.2) is 24.8 Å². The highest BCUT2D eigenvalue weighted by Crippen LogP contribution is 2.31. The molecule has 0 amide bonds. The van der Waals surface area contributed by atoms with Crippen LogP contribution in [0.4, 0.5) is 5.69 Å². The summed E-state index contributed by atoms with van der Waals surface area (Å²) in [6.07, 6.45) is 6.75. The number of aliphatic hydroxyl groups excluding tert-OH is 1. The molecule has 0 atom stereocenters. The lowest BCUT2D eigenvalue weighted by Gasteiger charge is -2.25. The topological polar surface area (TPSA) is 23.5 Å². The van der Waals surface area contributed by atoms with Crippen LogP contribution in [0.3, 0.4) is 0 Å². The van der Waals surface area contributed by atoms with Crippen molar-refractivity contribution in [3.8, 4) is 0 Å². The van der Waals surface area contributed by atoms with Crippen LogP contribution < -0.4 is 4.90 Å². The maximum Gasteiger partial charge on any atom is 0.0540 e. The Balaban J connectivity index is 1.67. The summed E-state index contributed by atoms with van der Waals surface area (Å²) < 4.78 is 0. The van der Waals surface area contributed by atoms with E-state index >= 15 is 0 Å². The maximum absolute atomic E-state index is 9.54. The first kappa shape index (κ1) is 12.0. The monoisotopic (exact) mass is 245 g/mol. The molecule has 1 N–H and O–H groups in total. The van der Waals surface area contributed by atoms with Crippen molar-refractivity contribution in [1.82, 2.24) is 0 Å². The van der Waals surface area contributed by atoms with Gasteiger partial charge >= 0.3 is 0 Å². The van der Waals surface area contributed by atoms with E-state index in [1.54, 1.807) is 0 Å². The van der Waals surface area contributed by atoms with Crippen molar-refractivity contribution in [2.75, 3.05) is 18.5 Å². The molecule has 0 radical (unpaired) electrons. The number of aliphatic hydroxyl groups is 1. The molecule has 1 aliphatic heterocycles. The highest BCUT2D eigenvalue weighted by molar-refractivity contribution is 5.58. The number of nitrogens with zero attached hydrogens (tertiary/aromatic N) is 1. The molecule has 1 aromatic carbocycles. The van der Waals surface area contributed by atoms with E-state index in [2.05, 4.69) is 30.1 Å². The molecule has 1 heterocycles. The van der Waals surface area contributed by atoms with Gasteiger partial charge in [-0.2, -0.15) is 0 Å². The zero-order valence-corrected chi connectivity index (χ0v) is 11.2. The standard InChI is InChI=1S/C16H23NO/c1-17-9-8-14-11-13(4-7-16(14)17)10-12-2-5-15(18)6-3-12/h4,7,11-12,15,18H,2-3,5-6,8-10H2,1H3. The molecule has 18 heavy (non-hydrogen) atoms. The van der Waals surface area contributed by atoms with E-state index in [-0.39, 0.29) is 6.10 Å². The third-order valence-electron chi connectivity index (χ3n) is 4.61. The second-order valence-corrected chi connectivity index (χ2v) is 6.01. The molecule has 0 saturated heterocycles. The van der Waals surface area contributed by atoms with Crippen molar-refractivity contribution in [3.63, 3.8) is 0 Å². The molecule has 2 aliphatic rings. The van der Waals surface area contributed by atoms with Gasteiger partial charge in [-0.05, 0) is 61.6 Å². The number of benzene rings is 1. The first-order valence-electron chi connectivity index (χ1n) is 7.23. The van der Waals surface area contributed by atoms with E-state index in [1.165, 1.54) is 42.5 Å². The molecule has 1 fully saturated rings. The Bertz CT molecular complexity index is 421. The summed E-state index contributed by atoms with van der Waals surface area (Å²) in [5.74, 6) is 0.783. The predicted molar refractivity (Wildman–Crippen MR) is 75.1 cm³/mol. The second-order valence-electron chi connectivity index (χ2n) is 6.01. The Hall–Kier alpha value is -1.02. The van der Waals surface area contributed by atoms with E-state index in [1.807, 2.05) is 0 Å². The van der Waals surface area contributed by atoms with Crippen LogP contribution in [-0.2, 0) is 12.8 Å². The number of likely N-dealkylation sites (N-methyl/N-ethyl adjacent to an activating group) is 1. The lowest BCUT2D eigenvalue weighted by Crippen LogP contribution is -2.19. The van der Waals surface area contributed by atoms with E-state index in [0.717, 1.165) is 25.3 Å². The van der Waals surface area contributed by atoms with Crippen molar-refractivity contribution in [2.45, 2.75) is 44.6 Å². The van der Waals surface area contributed by atoms with Crippen molar-refractivity contribution >= 4 is 5.69 Å². The Kier molecular flexibility index (Phi) is 3.29. The Morgan fingerprint density at radius 3 is 2.78 bits per heavy atom. The number of fused-ring (bicyclic) bond motifs is 1. The fourth-order valence-corrected chi connectivity index (χ4v) is 3.43. The van der Waals surface area contributed by atoms with Gasteiger partial charge in [0, 0.05) is 19.3 Å². The van der Waals surface area contributed by atoms with Crippen LogP contribution in [0.1, 0.15) is 36.8 Å². The van der Waals surface area contributed by atoms with E-state index < -0.39 is 0 Å². The summed E-state index contributed by atoms with van der Waals surface area (Å²) in [5.41, 5.74) is 4.43. The van der Waals surface area contributed by atoms with Gasteiger partial charge < -0.3 is 10.0 Å². The summed E-state index contributed by atoms with van der Waals surface area (Å²) in [4.78, 5) is 2.34. The predicted octanol–water partition coefficient (Wildman–Crippen LogP) is 2.77. The molecule has 1 aliphatic carbocycles. The van der Waals surface area contributed by atoms with Gasteiger partial charge in [0.25, 0.3) is 0 Å². The molecular weight excluding hydrogens is 222 g/mol. The minimum Gasteiger partial charge on any atom is -0.393 e. The average Bonchev–Trinajstić information content (AvgIpc) is 2.74. The lowest BCUT2D eigenvalue weighted by molar-refractivity contribution is 0.109. The van der Waals surface area contributed by atoms with Gasteiger partial charge in [-0.15, -0.1) is 0 Å². The summed E-state index contributed by atoms with van der Waals surface area (Å²) in [5, 5.41) is 9.54. The maximum atomic E-state index is 9.54. The minimum absolute atomic E-state index is 0.0325. The highest BCUT2D eigenvalue weighted by atomic mass is 16.3. The van der Waals surface area contributed by atoms with Gasteiger partial charge in [0.1, 0.15) is 0 Å². The fraction of sp³-hybridized carbons (Fsp3) is 0.625. The summed E-state index contributed by atoms with van der Waals surface area (Å²) in [7, 11) is 2.17. The Labute approximate surface area is 110 Å². The van der Waals surface area contributed by atoms with Crippen LogP contribution in [0.2, 0.25) is 0 Å². The molecule has 0 spiro atoms. The zero-order valence-electron chi connectivity index (χ0n) is 11.2. The molecule has 0 bridgehead atoms. The van der Waals surface area contributed by atoms with E-state index in [9.17, 15) is 5.11 Å². The van der Waals surface area contributed by atoms with Crippen molar-refractivity contribution in [2.24, 2.45) is 5.92 Å². The van der Waals surface area contributed by atoms with Gasteiger partial charge in [0.15, 0.2) is 0 Å². The number of anilines is 1. The summed E-state index contributed by atoms with van der Waals surface area (Å²) in [6.45, 7) is 1.16. The van der Waals surface area contributed by atoms with Crippen molar-refractivity contribution in [3.05, 3.63) is 29.3 Å². The van der Waals surface area contributed by atoms with Crippen molar-refractivity contribution in [1.29, 1.82) is 0 Å². The van der Waals surface area contributed by atoms with E-state index in [0.29, 0.717) is 0 Å². The van der Waals surface area contributed by atoms with Gasteiger partial charge in [-0.1, -0.05) is 12.1 Å². The number of rotatable bonds is 2. The molecule has 2 nitrogen and oxygen atoms in total. The van der Waals surface area contributed by atoms with Crippen LogP contribution in [0.5, 0.6) is 0 Å². The van der Waals surface area contributed by atoms with Crippen LogP contribution in [0.15, 0.2) is 18.2 Å². The first-order valence-corrected chi connectivity index (χ1v) is 7.23. The SMILES string of the molecule is CN1CCc2cc(CC3CCC(O)CC3)ccc21. The molecular formula is C16H23NO. The molecule has 98 valence electrons. The largest absolute Gasteiger partial charge is 0.393 e. The normalized spacial score (nSPS) is 27.3. The third kappa shape index (κ3) is 2.39. The zero-order chi connectivity index (χ0) is 12.5. The summed E-state index contributed by atoms with van der Waals surface area (Å²) in [6, 6.07) is 6.99. The molecule has 1 aromatic rings. The number of hydrogen-bond acceptors (Lipinski definition) is 2. The molecule has 3 rings (SSSR count). The average molecular weight is 245 g/mol. The van der Waals surface area contributed by atoms with E-state index in [4.69, 9.17) is 0 Å².